The van der Waals surface area contributed by atoms with Crippen molar-refractivity contribution >= 4 is 22.9 Å². The Bertz CT molecular complexity index is 518. The Morgan fingerprint density at radius 3 is 2.44 bits per heavy atom. The van der Waals surface area contributed by atoms with Crippen LogP contribution in [0.4, 0.5) is 5.69 Å². The molecule has 0 unspecified atom stereocenters. The third-order valence-corrected chi connectivity index (χ3v) is 3.09. The molecule has 1 aromatic heterocycles. The summed E-state index contributed by atoms with van der Waals surface area (Å²) in [7, 11) is 3.08. The van der Waals surface area contributed by atoms with Crippen molar-refractivity contribution in [3.63, 3.8) is 0 Å². The second kappa shape index (κ2) is 5.50. The van der Waals surface area contributed by atoms with Gasteiger partial charge in [0.1, 0.15) is 22.1 Å². The lowest BCUT2D eigenvalue weighted by Crippen LogP contribution is -2.12. The number of nitrogens with zero attached hydrogens (tertiary/aromatic N) is 1. The zero-order chi connectivity index (χ0) is 13.0. The van der Waals surface area contributed by atoms with Gasteiger partial charge in [0.05, 0.1) is 25.9 Å². The fourth-order valence-corrected chi connectivity index (χ4v) is 1.99. The molecule has 6 heteroatoms. The molecule has 94 valence electrons. The summed E-state index contributed by atoms with van der Waals surface area (Å²) in [5.74, 6) is 0.861. The number of rotatable bonds is 4. The van der Waals surface area contributed by atoms with E-state index in [0.29, 0.717) is 22.1 Å². The SMILES string of the molecule is COc1cccc(OC)c1NC(=O)c1cncs1. The van der Waals surface area contributed by atoms with Crippen LogP contribution in [0.15, 0.2) is 29.9 Å². The van der Waals surface area contributed by atoms with E-state index in [-0.39, 0.29) is 5.91 Å². The number of ether oxygens (including phenoxy) is 2. The molecule has 1 N–H and O–H groups in total. The van der Waals surface area contributed by atoms with Crippen LogP contribution in [0.1, 0.15) is 9.67 Å². The Labute approximate surface area is 108 Å². The Balaban J connectivity index is 2.30. The third kappa shape index (κ3) is 2.43. The number of methoxy groups -OCH3 is 2. The lowest BCUT2D eigenvalue weighted by molar-refractivity contribution is 0.102. The van der Waals surface area contributed by atoms with Crippen LogP contribution >= 0.6 is 11.3 Å². The number of aromatic nitrogens is 1. The molecule has 0 spiro atoms. The summed E-state index contributed by atoms with van der Waals surface area (Å²) in [4.78, 5) is 16.4. The summed E-state index contributed by atoms with van der Waals surface area (Å²) >= 11 is 1.27. The molecule has 0 bridgehead atoms. The number of para-hydroxylation sites is 1. The lowest BCUT2D eigenvalue weighted by atomic mass is 10.2. The molecule has 0 aliphatic rings. The number of carbonyl (C=O) groups is 1. The van der Waals surface area contributed by atoms with Gasteiger partial charge in [-0.05, 0) is 12.1 Å². The van der Waals surface area contributed by atoms with Crippen LogP contribution < -0.4 is 14.8 Å². The molecule has 0 aliphatic heterocycles. The highest BCUT2D eigenvalue weighted by molar-refractivity contribution is 7.11. The van der Waals surface area contributed by atoms with E-state index in [1.165, 1.54) is 31.8 Å². The van der Waals surface area contributed by atoms with Crippen molar-refractivity contribution < 1.29 is 14.3 Å². The van der Waals surface area contributed by atoms with Crippen LogP contribution in [0.25, 0.3) is 0 Å². The van der Waals surface area contributed by atoms with Crippen molar-refractivity contribution in [2.45, 2.75) is 0 Å². The fourth-order valence-electron chi connectivity index (χ4n) is 1.48. The maximum atomic E-state index is 12.0. The van der Waals surface area contributed by atoms with Gasteiger partial charge in [0.25, 0.3) is 5.91 Å². The summed E-state index contributed by atoms with van der Waals surface area (Å²) in [6.07, 6.45) is 1.52. The predicted octanol–water partition coefficient (Wildman–Crippen LogP) is 2.41. The minimum absolute atomic E-state index is 0.236. The van der Waals surface area contributed by atoms with Crippen molar-refractivity contribution in [2.75, 3.05) is 19.5 Å². The van der Waals surface area contributed by atoms with E-state index in [2.05, 4.69) is 10.3 Å². The molecule has 1 amide bonds. The Morgan fingerprint density at radius 2 is 1.94 bits per heavy atom. The Kier molecular flexibility index (Phi) is 3.78. The number of anilines is 1. The minimum Gasteiger partial charge on any atom is -0.494 e. The molecular formula is C12H12N2O3S. The molecule has 0 atom stereocenters. The lowest BCUT2D eigenvalue weighted by Gasteiger charge is -2.13. The number of carbonyl (C=O) groups excluding carboxylic acids is 1. The molecule has 0 saturated heterocycles. The average molecular weight is 264 g/mol. The number of hydrogen-bond donors (Lipinski definition) is 1. The van der Waals surface area contributed by atoms with Gasteiger partial charge in [-0.3, -0.25) is 9.78 Å². The maximum absolute atomic E-state index is 12.0. The molecule has 0 radical (unpaired) electrons. The maximum Gasteiger partial charge on any atom is 0.267 e. The smallest absolute Gasteiger partial charge is 0.267 e. The van der Waals surface area contributed by atoms with E-state index in [9.17, 15) is 4.79 Å². The van der Waals surface area contributed by atoms with Crippen molar-refractivity contribution in [2.24, 2.45) is 0 Å². The molecule has 0 aliphatic carbocycles. The van der Waals surface area contributed by atoms with Crippen molar-refractivity contribution in [3.05, 3.63) is 34.8 Å². The quantitative estimate of drug-likeness (QED) is 0.921. The zero-order valence-electron chi connectivity index (χ0n) is 9.97. The highest BCUT2D eigenvalue weighted by Crippen LogP contribution is 2.34. The molecule has 18 heavy (non-hydrogen) atoms. The molecule has 0 saturated carbocycles. The summed E-state index contributed by atoms with van der Waals surface area (Å²) < 4.78 is 10.4. The molecule has 1 aromatic carbocycles. The first-order valence-corrected chi connectivity index (χ1v) is 6.05. The molecule has 2 rings (SSSR count). The largest absolute Gasteiger partial charge is 0.494 e. The first-order valence-electron chi connectivity index (χ1n) is 5.17. The van der Waals surface area contributed by atoms with Crippen LogP contribution in [0.3, 0.4) is 0 Å². The van der Waals surface area contributed by atoms with Gasteiger partial charge in [-0.15, -0.1) is 11.3 Å². The molecule has 5 nitrogen and oxygen atoms in total. The summed E-state index contributed by atoms with van der Waals surface area (Å²) in [5.41, 5.74) is 2.12. The van der Waals surface area contributed by atoms with Gasteiger partial charge in [-0.1, -0.05) is 6.07 Å². The van der Waals surface area contributed by atoms with Crippen molar-refractivity contribution in [1.82, 2.24) is 4.98 Å². The summed E-state index contributed by atoms with van der Waals surface area (Å²) in [6, 6.07) is 5.30. The van der Waals surface area contributed by atoms with Crippen LogP contribution in [0.5, 0.6) is 11.5 Å². The molecule has 1 heterocycles. The monoisotopic (exact) mass is 264 g/mol. The number of amides is 1. The van der Waals surface area contributed by atoms with Gasteiger partial charge in [-0.25, -0.2) is 0 Å². The Hall–Kier alpha value is -2.08. The van der Waals surface area contributed by atoms with Gasteiger partial charge < -0.3 is 14.8 Å². The van der Waals surface area contributed by atoms with Gasteiger partial charge in [0.2, 0.25) is 0 Å². The molecular weight excluding hydrogens is 252 g/mol. The standard InChI is InChI=1S/C12H12N2O3S/c1-16-8-4-3-5-9(17-2)11(8)14-12(15)10-6-13-7-18-10/h3-7H,1-2H3,(H,14,15). The number of hydrogen-bond acceptors (Lipinski definition) is 5. The number of thiazole rings is 1. The first kappa shape index (κ1) is 12.4. The van der Waals surface area contributed by atoms with Crippen LogP contribution in [-0.4, -0.2) is 25.1 Å². The van der Waals surface area contributed by atoms with E-state index >= 15 is 0 Å². The normalized spacial score (nSPS) is 9.89. The van der Waals surface area contributed by atoms with Gasteiger partial charge in [0.15, 0.2) is 0 Å². The van der Waals surface area contributed by atoms with Crippen LogP contribution in [0.2, 0.25) is 0 Å². The summed E-state index contributed by atoms with van der Waals surface area (Å²) in [6.45, 7) is 0. The second-order valence-electron chi connectivity index (χ2n) is 3.36. The van der Waals surface area contributed by atoms with E-state index in [1.54, 1.807) is 23.7 Å². The number of nitrogens with one attached hydrogen (secondary N) is 1. The summed E-state index contributed by atoms with van der Waals surface area (Å²) in [5, 5.41) is 2.76. The van der Waals surface area contributed by atoms with E-state index < -0.39 is 0 Å². The third-order valence-electron chi connectivity index (χ3n) is 2.32. The predicted molar refractivity (Wildman–Crippen MR) is 69.6 cm³/mol. The average Bonchev–Trinajstić information content (AvgIpc) is 2.93. The highest BCUT2D eigenvalue weighted by atomic mass is 32.1. The Morgan fingerprint density at radius 1 is 1.28 bits per heavy atom. The van der Waals surface area contributed by atoms with Crippen LogP contribution in [-0.2, 0) is 0 Å². The topological polar surface area (TPSA) is 60.5 Å². The molecule has 0 fully saturated rings. The zero-order valence-corrected chi connectivity index (χ0v) is 10.8. The van der Waals surface area contributed by atoms with Gasteiger partial charge in [0, 0.05) is 0 Å². The van der Waals surface area contributed by atoms with Crippen molar-refractivity contribution in [1.29, 1.82) is 0 Å². The van der Waals surface area contributed by atoms with Crippen LogP contribution in [0, 0.1) is 0 Å². The van der Waals surface area contributed by atoms with Crippen molar-refractivity contribution in [3.8, 4) is 11.5 Å². The molecule has 2 aromatic rings. The fraction of sp³-hybridized carbons (Fsp3) is 0.167. The van der Waals surface area contributed by atoms with E-state index in [4.69, 9.17) is 9.47 Å². The van der Waals surface area contributed by atoms with E-state index in [0.717, 1.165) is 0 Å². The first-order chi connectivity index (χ1) is 8.76. The van der Waals surface area contributed by atoms with E-state index in [1.807, 2.05) is 0 Å². The minimum atomic E-state index is -0.236. The van der Waals surface area contributed by atoms with Gasteiger partial charge >= 0.3 is 0 Å². The highest BCUT2D eigenvalue weighted by Gasteiger charge is 2.15. The second-order valence-corrected chi connectivity index (χ2v) is 4.24. The number of benzene rings is 1. The van der Waals surface area contributed by atoms with Gasteiger partial charge in [-0.2, -0.15) is 0 Å².